The van der Waals surface area contributed by atoms with Crippen LogP contribution in [0, 0.1) is 0 Å². The number of hydrogen-bond donors (Lipinski definition) is 2. The zero-order valence-electron chi connectivity index (χ0n) is 15.7. The van der Waals surface area contributed by atoms with Gasteiger partial charge in [0, 0.05) is 24.7 Å². The lowest BCUT2D eigenvalue weighted by Gasteiger charge is -2.20. The van der Waals surface area contributed by atoms with Crippen LogP contribution in [0.25, 0.3) is 11.0 Å². The molecule has 3 aromatic rings. The number of aryl methyl sites for hydroxylation is 2. The summed E-state index contributed by atoms with van der Waals surface area (Å²) in [5.41, 5.74) is 5.63. The summed E-state index contributed by atoms with van der Waals surface area (Å²) in [5, 5.41) is 6.54. The van der Waals surface area contributed by atoms with Crippen LogP contribution in [0.2, 0.25) is 0 Å². The fourth-order valence-electron chi connectivity index (χ4n) is 3.65. The first-order valence-corrected chi connectivity index (χ1v) is 9.26. The Hall–Kier alpha value is -2.37. The van der Waals surface area contributed by atoms with Gasteiger partial charge in [-0.2, -0.15) is 0 Å². The van der Waals surface area contributed by atoms with Gasteiger partial charge in [-0.05, 0) is 49.6 Å². The highest BCUT2D eigenvalue weighted by Gasteiger charge is 2.17. The molecule has 0 aliphatic carbocycles. The van der Waals surface area contributed by atoms with Crippen LogP contribution in [0.3, 0.4) is 0 Å². The lowest BCUT2D eigenvalue weighted by molar-refractivity contribution is -0.116. The van der Waals surface area contributed by atoms with Crippen LogP contribution in [-0.2, 0) is 24.3 Å². The Labute approximate surface area is 165 Å². The van der Waals surface area contributed by atoms with Crippen molar-refractivity contribution in [2.24, 2.45) is 0 Å². The van der Waals surface area contributed by atoms with Crippen molar-refractivity contribution in [3.63, 3.8) is 0 Å². The number of imidazole rings is 1. The summed E-state index contributed by atoms with van der Waals surface area (Å²) in [4.78, 5) is 16.3. The van der Waals surface area contributed by atoms with Crippen molar-refractivity contribution in [3.8, 4) is 0 Å². The van der Waals surface area contributed by atoms with Gasteiger partial charge >= 0.3 is 0 Å². The van der Waals surface area contributed by atoms with Gasteiger partial charge in [-0.25, -0.2) is 4.98 Å². The van der Waals surface area contributed by atoms with Crippen molar-refractivity contribution in [1.29, 1.82) is 0 Å². The minimum atomic E-state index is 0. The predicted molar refractivity (Wildman–Crippen MR) is 111 cm³/mol. The second-order valence-corrected chi connectivity index (χ2v) is 6.83. The molecule has 2 heterocycles. The van der Waals surface area contributed by atoms with E-state index in [0.717, 1.165) is 36.5 Å². The number of carbonyl (C=O) groups is 1. The standard InChI is InChI=1S/C21H24N4O.ClH/c1-3-25-19-7-5-4-6-18(19)23-20(25)13-22-14(2)15-8-10-17-16(12-15)9-11-21(26)24-17;/h4-8,10,12,14,22H,3,9,11,13H2,1-2H3,(H,24,26);1H. The summed E-state index contributed by atoms with van der Waals surface area (Å²) in [6, 6.07) is 14.8. The number of rotatable bonds is 5. The van der Waals surface area contributed by atoms with E-state index in [-0.39, 0.29) is 24.4 Å². The zero-order valence-corrected chi connectivity index (χ0v) is 16.5. The number of nitrogens with zero attached hydrogens (tertiary/aromatic N) is 2. The van der Waals surface area contributed by atoms with E-state index in [9.17, 15) is 4.79 Å². The fraction of sp³-hybridized carbons (Fsp3) is 0.333. The first-order valence-electron chi connectivity index (χ1n) is 9.26. The summed E-state index contributed by atoms with van der Waals surface area (Å²) in [5.74, 6) is 1.17. The normalized spacial score (nSPS) is 14.4. The summed E-state index contributed by atoms with van der Waals surface area (Å²) in [6.45, 7) is 5.95. The highest BCUT2D eigenvalue weighted by Crippen LogP contribution is 2.26. The number of amides is 1. The minimum absolute atomic E-state index is 0. The molecule has 1 aromatic heterocycles. The Morgan fingerprint density at radius 2 is 2.04 bits per heavy atom. The Morgan fingerprint density at radius 1 is 1.22 bits per heavy atom. The second-order valence-electron chi connectivity index (χ2n) is 6.83. The van der Waals surface area contributed by atoms with E-state index in [1.807, 2.05) is 12.1 Å². The smallest absolute Gasteiger partial charge is 0.224 e. The molecule has 1 aliphatic heterocycles. The van der Waals surface area contributed by atoms with Gasteiger partial charge in [0.2, 0.25) is 5.91 Å². The third-order valence-corrected chi connectivity index (χ3v) is 5.14. The molecular weight excluding hydrogens is 360 g/mol. The lowest BCUT2D eigenvalue weighted by Crippen LogP contribution is -2.22. The topological polar surface area (TPSA) is 59.0 Å². The van der Waals surface area contributed by atoms with Crippen LogP contribution < -0.4 is 10.6 Å². The molecule has 5 nitrogen and oxygen atoms in total. The van der Waals surface area contributed by atoms with Crippen LogP contribution in [0.5, 0.6) is 0 Å². The van der Waals surface area contributed by atoms with Crippen LogP contribution in [0.1, 0.15) is 43.3 Å². The average molecular weight is 385 g/mol. The van der Waals surface area contributed by atoms with Gasteiger partial charge in [0.15, 0.2) is 0 Å². The minimum Gasteiger partial charge on any atom is -0.327 e. The van der Waals surface area contributed by atoms with Crippen LogP contribution in [-0.4, -0.2) is 15.5 Å². The largest absolute Gasteiger partial charge is 0.327 e. The lowest BCUT2D eigenvalue weighted by atomic mass is 9.98. The van der Waals surface area contributed by atoms with Gasteiger partial charge in [-0.3, -0.25) is 4.79 Å². The molecule has 27 heavy (non-hydrogen) atoms. The number of hydrogen-bond acceptors (Lipinski definition) is 3. The first kappa shape index (κ1) is 19.4. The maximum Gasteiger partial charge on any atom is 0.224 e. The number of halogens is 1. The molecule has 142 valence electrons. The number of nitrogens with one attached hydrogen (secondary N) is 2. The third kappa shape index (κ3) is 3.84. The Bertz CT molecular complexity index is 966. The number of para-hydroxylation sites is 2. The van der Waals surface area contributed by atoms with Gasteiger partial charge in [0.05, 0.1) is 17.6 Å². The first-order chi connectivity index (χ1) is 12.7. The quantitative estimate of drug-likeness (QED) is 0.692. The van der Waals surface area contributed by atoms with E-state index >= 15 is 0 Å². The van der Waals surface area contributed by atoms with Crippen molar-refractivity contribution >= 4 is 35.0 Å². The number of carbonyl (C=O) groups excluding carboxylic acids is 1. The summed E-state index contributed by atoms with van der Waals surface area (Å²) in [7, 11) is 0. The Kier molecular flexibility index (Phi) is 5.82. The van der Waals surface area contributed by atoms with Crippen molar-refractivity contribution in [3.05, 3.63) is 59.4 Å². The molecule has 0 fully saturated rings. The summed E-state index contributed by atoms with van der Waals surface area (Å²) >= 11 is 0. The molecule has 0 saturated carbocycles. The van der Waals surface area contributed by atoms with Crippen LogP contribution in [0.4, 0.5) is 5.69 Å². The molecule has 0 radical (unpaired) electrons. The van der Waals surface area contributed by atoms with E-state index in [1.54, 1.807) is 0 Å². The summed E-state index contributed by atoms with van der Waals surface area (Å²) in [6.07, 6.45) is 1.38. The van der Waals surface area contributed by atoms with Crippen LogP contribution in [0.15, 0.2) is 42.5 Å². The molecule has 2 N–H and O–H groups in total. The Morgan fingerprint density at radius 3 is 2.85 bits per heavy atom. The molecule has 1 aliphatic rings. The summed E-state index contributed by atoms with van der Waals surface area (Å²) < 4.78 is 2.26. The second kappa shape index (κ2) is 8.11. The van der Waals surface area contributed by atoms with E-state index in [0.29, 0.717) is 6.42 Å². The molecule has 2 aromatic carbocycles. The molecular formula is C21H25ClN4O. The zero-order chi connectivity index (χ0) is 18.1. The molecule has 0 spiro atoms. The van der Waals surface area contributed by atoms with E-state index < -0.39 is 0 Å². The van der Waals surface area contributed by atoms with E-state index in [2.05, 4.69) is 59.4 Å². The number of benzene rings is 2. The molecule has 0 saturated heterocycles. The SMILES string of the molecule is CCn1c(CNC(C)c2ccc3c(c2)CCC(=O)N3)nc2ccccc21.Cl. The predicted octanol–water partition coefficient (Wildman–Crippen LogP) is 4.21. The van der Waals surface area contributed by atoms with Crippen LogP contribution >= 0.6 is 12.4 Å². The van der Waals surface area contributed by atoms with Crippen molar-refractivity contribution in [2.75, 3.05) is 5.32 Å². The molecule has 1 atom stereocenters. The number of anilines is 1. The van der Waals surface area contributed by atoms with Crippen molar-refractivity contribution < 1.29 is 4.79 Å². The Balaban J connectivity index is 0.00000210. The van der Waals surface area contributed by atoms with Crippen molar-refractivity contribution in [1.82, 2.24) is 14.9 Å². The van der Waals surface area contributed by atoms with Gasteiger partial charge in [-0.1, -0.05) is 24.3 Å². The fourth-order valence-corrected chi connectivity index (χ4v) is 3.65. The molecule has 1 unspecified atom stereocenters. The van der Waals surface area contributed by atoms with Crippen molar-refractivity contribution in [2.45, 2.75) is 45.8 Å². The van der Waals surface area contributed by atoms with Gasteiger partial charge in [0.1, 0.15) is 5.82 Å². The molecule has 1 amide bonds. The highest BCUT2D eigenvalue weighted by atomic mass is 35.5. The van der Waals surface area contributed by atoms with E-state index in [1.165, 1.54) is 16.6 Å². The molecule has 4 rings (SSSR count). The maximum atomic E-state index is 11.5. The molecule has 6 heteroatoms. The van der Waals surface area contributed by atoms with Gasteiger partial charge < -0.3 is 15.2 Å². The number of fused-ring (bicyclic) bond motifs is 2. The highest BCUT2D eigenvalue weighted by molar-refractivity contribution is 5.93. The molecule has 0 bridgehead atoms. The third-order valence-electron chi connectivity index (χ3n) is 5.14. The van der Waals surface area contributed by atoms with Gasteiger partial charge in [-0.15, -0.1) is 12.4 Å². The number of aromatic nitrogens is 2. The van der Waals surface area contributed by atoms with Gasteiger partial charge in [0.25, 0.3) is 0 Å². The monoisotopic (exact) mass is 384 g/mol. The maximum absolute atomic E-state index is 11.5. The van der Waals surface area contributed by atoms with E-state index in [4.69, 9.17) is 4.98 Å². The average Bonchev–Trinajstić information content (AvgIpc) is 3.03.